The van der Waals surface area contributed by atoms with Gasteiger partial charge in [-0.05, 0) is 35.8 Å². The summed E-state index contributed by atoms with van der Waals surface area (Å²) in [5, 5.41) is 9.86. The number of carbonyl (C=O) groups is 1. The van der Waals surface area contributed by atoms with Crippen LogP contribution in [0.25, 0.3) is 6.08 Å². The van der Waals surface area contributed by atoms with Gasteiger partial charge in [0.1, 0.15) is 0 Å². The van der Waals surface area contributed by atoms with Crippen LogP contribution in [0.4, 0.5) is 0 Å². The minimum absolute atomic E-state index is 0.0918. The van der Waals surface area contributed by atoms with Gasteiger partial charge >= 0.3 is 0 Å². The summed E-state index contributed by atoms with van der Waals surface area (Å²) in [4.78, 5) is 12.1. The average molecular weight is 317 g/mol. The maximum absolute atomic E-state index is 12.1. The molecular formula is C18H17ClO3. The third kappa shape index (κ3) is 3.68. The number of ether oxygens (including phenoxy) is 1. The van der Waals surface area contributed by atoms with Gasteiger partial charge in [0.25, 0.3) is 0 Å². The summed E-state index contributed by atoms with van der Waals surface area (Å²) < 4.78 is 5.03. The molecule has 0 amide bonds. The summed E-state index contributed by atoms with van der Waals surface area (Å²) in [5.74, 6) is 0.0699. The smallest absolute Gasteiger partial charge is 0.185 e. The van der Waals surface area contributed by atoms with Gasteiger partial charge < -0.3 is 9.84 Å². The van der Waals surface area contributed by atoms with E-state index < -0.39 is 0 Å². The summed E-state index contributed by atoms with van der Waals surface area (Å²) in [6.07, 6.45) is 4.06. The molecule has 0 radical (unpaired) electrons. The fourth-order valence-electron chi connectivity index (χ4n) is 2.02. The van der Waals surface area contributed by atoms with Crippen LogP contribution >= 0.6 is 11.6 Å². The highest BCUT2D eigenvalue weighted by Crippen LogP contribution is 2.35. The quantitative estimate of drug-likeness (QED) is 0.652. The number of methoxy groups -OCH3 is 1. The molecule has 0 bridgehead atoms. The number of phenolic OH excluding ortho intramolecular Hbond substituents is 1. The summed E-state index contributed by atoms with van der Waals surface area (Å²) in [7, 11) is 1.44. The predicted molar refractivity (Wildman–Crippen MR) is 88.9 cm³/mol. The molecule has 22 heavy (non-hydrogen) atoms. The van der Waals surface area contributed by atoms with Gasteiger partial charge in [0.2, 0.25) is 0 Å². The zero-order valence-corrected chi connectivity index (χ0v) is 13.2. The minimum atomic E-state index is -0.109. The maximum atomic E-state index is 12.1. The largest absolute Gasteiger partial charge is 0.503 e. The third-order valence-corrected chi connectivity index (χ3v) is 3.63. The van der Waals surface area contributed by atoms with Gasteiger partial charge in [0, 0.05) is 5.56 Å². The molecule has 0 fully saturated rings. The Morgan fingerprint density at radius 2 is 1.95 bits per heavy atom. The number of phenols is 1. The lowest BCUT2D eigenvalue weighted by atomic mass is 10.1. The van der Waals surface area contributed by atoms with E-state index in [1.807, 2.05) is 24.3 Å². The summed E-state index contributed by atoms with van der Waals surface area (Å²) in [6, 6.07) is 10.7. The van der Waals surface area contributed by atoms with E-state index in [1.54, 1.807) is 18.2 Å². The number of rotatable bonds is 5. The van der Waals surface area contributed by atoms with Gasteiger partial charge in [-0.2, -0.15) is 0 Å². The molecule has 0 unspecified atom stereocenters. The molecule has 0 saturated carbocycles. The predicted octanol–water partition coefficient (Wildman–Crippen LogP) is 4.51. The van der Waals surface area contributed by atoms with Crippen LogP contribution in [0.5, 0.6) is 11.5 Å². The van der Waals surface area contributed by atoms with Gasteiger partial charge in [-0.15, -0.1) is 0 Å². The molecule has 0 saturated heterocycles. The minimum Gasteiger partial charge on any atom is -0.503 e. The van der Waals surface area contributed by atoms with Crippen molar-refractivity contribution in [1.29, 1.82) is 0 Å². The van der Waals surface area contributed by atoms with Crippen LogP contribution in [0, 0.1) is 0 Å². The molecule has 0 heterocycles. The molecule has 114 valence electrons. The second kappa shape index (κ2) is 7.14. The van der Waals surface area contributed by atoms with Gasteiger partial charge in [-0.25, -0.2) is 0 Å². The van der Waals surface area contributed by atoms with Crippen molar-refractivity contribution in [3.63, 3.8) is 0 Å². The van der Waals surface area contributed by atoms with Gasteiger partial charge in [0.05, 0.1) is 12.1 Å². The third-order valence-electron chi connectivity index (χ3n) is 3.34. The Kier molecular flexibility index (Phi) is 5.23. The number of carbonyl (C=O) groups excluding carboxylic acids is 1. The number of allylic oxidation sites excluding steroid dienone is 1. The number of benzene rings is 2. The van der Waals surface area contributed by atoms with Gasteiger partial charge in [0.15, 0.2) is 17.3 Å². The lowest BCUT2D eigenvalue weighted by Crippen LogP contribution is -1.94. The molecule has 2 aromatic rings. The zero-order valence-electron chi connectivity index (χ0n) is 12.5. The highest BCUT2D eigenvalue weighted by atomic mass is 35.5. The van der Waals surface area contributed by atoms with E-state index >= 15 is 0 Å². The van der Waals surface area contributed by atoms with Crippen molar-refractivity contribution >= 4 is 23.5 Å². The maximum Gasteiger partial charge on any atom is 0.185 e. The summed E-state index contributed by atoms with van der Waals surface area (Å²) in [6.45, 7) is 2.07. The molecule has 3 nitrogen and oxygen atoms in total. The van der Waals surface area contributed by atoms with E-state index in [-0.39, 0.29) is 22.3 Å². The van der Waals surface area contributed by atoms with Crippen LogP contribution in [0.1, 0.15) is 28.4 Å². The fourth-order valence-corrected chi connectivity index (χ4v) is 2.24. The van der Waals surface area contributed by atoms with Crippen molar-refractivity contribution in [1.82, 2.24) is 0 Å². The molecule has 0 aliphatic carbocycles. The fraction of sp³-hybridized carbons (Fsp3) is 0.167. The molecule has 4 heteroatoms. The Labute approximate surface area is 134 Å². The molecular weight excluding hydrogens is 300 g/mol. The van der Waals surface area contributed by atoms with Crippen LogP contribution < -0.4 is 4.74 Å². The molecule has 2 rings (SSSR count). The lowest BCUT2D eigenvalue weighted by molar-refractivity contribution is 0.104. The second-order valence-corrected chi connectivity index (χ2v) is 5.21. The Bertz CT molecular complexity index is 703. The molecule has 0 aliphatic heterocycles. The standard InChI is InChI=1S/C18H17ClO3/c1-3-12-4-7-14(8-5-12)16(20)9-6-13-10-15(19)18(21)17(11-13)22-2/h4-11,21H,3H2,1-2H3/b9-6+. The highest BCUT2D eigenvalue weighted by Gasteiger charge is 2.08. The number of halogens is 1. The van der Waals surface area contributed by atoms with E-state index in [0.29, 0.717) is 11.1 Å². The monoisotopic (exact) mass is 316 g/mol. The summed E-state index contributed by atoms with van der Waals surface area (Å²) >= 11 is 5.91. The molecule has 2 aromatic carbocycles. The van der Waals surface area contributed by atoms with Gasteiger partial charge in [-0.1, -0.05) is 48.9 Å². The normalized spacial score (nSPS) is 10.9. The number of aromatic hydroxyl groups is 1. The molecule has 0 aromatic heterocycles. The SMILES string of the molecule is CCc1ccc(C(=O)/C=C/c2cc(Cl)c(O)c(OC)c2)cc1. The average Bonchev–Trinajstić information content (AvgIpc) is 2.55. The Hall–Kier alpha value is -2.26. The first kappa shape index (κ1) is 16.1. The van der Waals surface area contributed by atoms with Crippen molar-refractivity contribution in [3.8, 4) is 11.5 Å². The molecule has 0 spiro atoms. The molecule has 0 atom stereocenters. The Balaban J connectivity index is 2.20. The van der Waals surface area contributed by atoms with Gasteiger partial charge in [-0.3, -0.25) is 4.79 Å². The van der Waals surface area contributed by atoms with Crippen molar-refractivity contribution in [2.75, 3.05) is 7.11 Å². The topological polar surface area (TPSA) is 46.5 Å². The van der Waals surface area contributed by atoms with Crippen LogP contribution in [0.3, 0.4) is 0 Å². The number of aryl methyl sites for hydroxylation is 1. The van der Waals surface area contributed by atoms with E-state index in [2.05, 4.69) is 6.92 Å². The Morgan fingerprint density at radius 3 is 2.55 bits per heavy atom. The Morgan fingerprint density at radius 1 is 1.27 bits per heavy atom. The van der Waals surface area contributed by atoms with Crippen LogP contribution in [0.15, 0.2) is 42.5 Å². The van der Waals surface area contributed by atoms with E-state index in [4.69, 9.17) is 16.3 Å². The molecule has 1 N–H and O–H groups in total. The number of hydrogen-bond donors (Lipinski definition) is 1. The summed E-state index contributed by atoms with van der Waals surface area (Å²) in [5.41, 5.74) is 2.50. The van der Waals surface area contributed by atoms with E-state index in [0.717, 1.165) is 6.42 Å². The first-order valence-corrected chi connectivity index (χ1v) is 7.30. The lowest BCUT2D eigenvalue weighted by Gasteiger charge is -2.06. The zero-order chi connectivity index (χ0) is 16.1. The van der Waals surface area contributed by atoms with Crippen LogP contribution in [-0.4, -0.2) is 18.0 Å². The molecule has 0 aliphatic rings. The first-order valence-electron chi connectivity index (χ1n) is 6.93. The van der Waals surface area contributed by atoms with Crippen molar-refractivity contribution in [3.05, 3.63) is 64.2 Å². The van der Waals surface area contributed by atoms with E-state index in [9.17, 15) is 9.90 Å². The van der Waals surface area contributed by atoms with Crippen molar-refractivity contribution in [2.24, 2.45) is 0 Å². The number of ketones is 1. The van der Waals surface area contributed by atoms with E-state index in [1.165, 1.54) is 18.7 Å². The van der Waals surface area contributed by atoms with Crippen LogP contribution in [0.2, 0.25) is 5.02 Å². The van der Waals surface area contributed by atoms with Crippen LogP contribution in [-0.2, 0) is 6.42 Å². The first-order chi connectivity index (χ1) is 10.5. The number of hydrogen-bond acceptors (Lipinski definition) is 3. The van der Waals surface area contributed by atoms with Crippen molar-refractivity contribution < 1.29 is 14.6 Å². The highest BCUT2D eigenvalue weighted by molar-refractivity contribution is 6.32. The van der Waals surface area contributed by atoms with Crippen molar-refractivity contribution in [2.45, 2.75) is 13.3 Å². The second-order valence-electron chi connectivity index (χ2n) is 4.80.